The minimum absolute atomic E-state index is 0.112. The fourth-order valence-corrected chi connectivity index (χ4v) is 2.75. The molecule has 2 heterocycles. The van der Waals surface area contributed by atoms with Crippen LogP contribution in [0.2, 0.25) is 0 Å². The summed E-state index contributed by atoms with van der Waals surface area (Å²) in [7, 11) is 0. The van der Waals surface area contributed by atoms with Crippen LogP contribution in [0.1, 0.15) is 28.6 Å². The highest BCUT2D eigenvalue weighted by molar-refractivity contribution is 7.12. The monoisotopic (exact) mass is 303 g/mol. The molecule has 5 nitrogen and oxygen atoms in total. The Morgan fingerprint density at radius 3 is 2.71 bits per heavy atom. The van der Waals surface area contributed by atoms with Crippen molar-refractivity contribution in [1.29, 1.82) is 0 Å². The molecule has 0 unspecified atom stereocenters. The number of nitrogens with zero attached hydrogens (tertiary/aromatic N) is 1. The maximum atomic E-state index is 12.0. The van der Waals surface area contributed by atoms with Crippen molar-refractivity contribution in [3.8, 4) is 0 Å². The normalized spacial score (nSPS) is 10.1. The van der Waals surface area contributed by atoms with Gasteiger partial charge in [-0.15, -0.1) is 11.3 Å². The lowest BCUT2D eigenvalue weighted by Gasteiger charge is -2.06. The Hall–Kier alpha value is -2.21. The lowest BCUT2D eigenvalue weighted by molar-refractivity contribution is -0.116. The third kappa shape index (κ3) is 4.39. The van der Waals surface area contributed by atoms with Crippen LogP contribution in [0.3, 0.4) is 0 Å². The van der Waals surface area contributed by atoms with E-state index < -0.39 is 0 Å². The largest absolute Gasteiger partial charge is 0.351 e. The van der Waals surface area contributed by atoms with Gasteiger partial charge in [0.2, 0.25) is 5.91 Å². The maximum Gasteiger partial charge on any atom is 0.261 e. The second kappa shape index (κ2) is 7.54. The fourth-order valence-electron chi connectivity index (χ4n) is 1.84. The number of amides is 2. The molecule has 2 aromatic rings. The molecular formula is C15H17N3O2S. The van der Waals surface area contributed by atoms with Gasteiger partial charge in [-0.2, -0.15) is 0 Å². The van der Waals surface area contributed by atoms with Gasteiger partial charge in [-0.25, -0.2) is 0 Å². The number of nitrogens with one attached hydrogen (secondary N) is 2. The summed E-state index contributed by atoms with van der Waals surface area (Å²) in [4.78, 5) is 28.3. The zero-order valence-corrected chi connectivity index (χ0v) is 12.6. The summed E-state index contributed by atoms with van der Waals surface area (Å²) >= 11 is 1.42. The van der Waals surface area contributed by atoms with Crippen molar-refractivity contribution >= 4 is 28.8 Å². The van der Waals surface area contributed by atoms with E-state index in [9.17, 15) is 9.59 Å². The molecule has 2 aromatic heterocycles. The molecule has 0 aliphatic heterocycles. The minimum Gasteiger partial charge on any atom is -0.351 e. The molecule has 0 saturated carbocycles. The summed E-state index contributed by atoms with van der Waals surface area (Å²) in [6.07, 6.45) is 4.29. The molecule has 21 heavy (non-hydrogen) atoms. The van der Waals surface area contributed by atoms with E-state index in [0.717, 1.165) is 16.9 Å². The average Bonchev–Trinajstić information content (AvgIpc) is 2.96. The van der Waals surface area contributed by atoms with E-state index in [-0.39, 0.29) is 18.2 Å². The molecule has 0 radical (unpaired) electrons. The zero-order valence-electron chi connectivity index (χ0n) is 11.8. The second-order valence-electron chi connectivity index (χ2n) is 4.42. The summed E-state index contributed by atoms with van der Waals surface area (Å²) in [6.45, 7) is 2.33. The van der Waals surface area contributed by atoms with Gasteiger partial charge >= 0.3 is 0 Å². The minimum atomic E-state index is -0.136. The summed E-state index contributed by atoms with van der Waals surface area (Å²) in [6, 6.07) is 5.39. The molecule has 6 heteroatoms. The van der Waals surface area contributed by atoms with Crippen LogP contribution in [0, 0.1) is 0 Å². The maximum absolute atomic E-state index is 12.0. The van der Waals surface area contributed by atoms with Gasteiger partial charge in [-0.05, 0) is 35.6 Å². The van der Waals surface area contributed by atoms with E-state index in [1.54, 1.807) is 24.5 Å². The van der Waals surface area contributed by atoms with Crippen LogP contribution in [0.4, 0.5) is 5.69 Å². The Labute approximate surface area is 127 Å². The van der Waals surface area contributed by atoms with Crippen molar-refractivity contribution < 1.29 is 9.59 Å². The average molecular weight is 303 g/mol. The first-order valence-corrected chi connectivity index (χ1v) is 7.63. The highest BCUT2D eigenvalue weighted by Gasteiger charge is 2.12. The molecule has 0 bridgehead atoms. The van der Waals surface area contributed by atoms with Crippen LogP contribution in [-0.4, -0.2) is 23.3 Å². The molecular weight excluding hydrogens is 286 g/mol. The molecule has 0 saturated heterocycles. The number of anilines is 1. The van der Waals surface area contributed by atoms with Crippen LogP contribution in [0.15, 0.2) is 36.0 Å². The SMILES string of the molecule is CCc1ccsc1C(=O)NCCC(=O)Nc1ccncc1. The number of aromatic nitrogens is 1. The van der Waals surface area contributed by atoms with E-state index in [1.165, 1.54) is 11.3 Å². The number of pyridine rings is 1. The van der Waals surface area contributed by atoms with Crippen LogP contribution >= 0.6 is 11.3 Å². The Kier molecular flexibility index (Phi) is 5.45. The predicted octanol–water partition coefficient (Wildman–Crippen LogP) is 2.46. The van der Waals surface area contributed by atoms with Gasteiger partial charge in [-0.3, -0.25) is 14.6 Å². The van der Waals surface area contributed by atoms with E-state index >= 15 is 0 Å². The number of carbonyl (C=O) groups excluding carboxylic acids is 2. The third-order valence-corrected chi connectivity index (χ3v) is 3.89. The number of carbonyl (C=O) groups is 2. The lowest BCUT2D eigenvalue weighted by atomic mass is 10.2. The van der Waals surface area contributed by atoms with Crippen LogP contribution in [0.25, 0.3) is 0 Å². The number of hydrogen-bond donors (Lipinski definition) is 2. The number of rotatable bonds is 6. The summed E-state index contributed by atoms with van der Waals surface area (Å²) in [5.41, 5.74) is 1.74. The van der Waals surface area contributed by atoms with Crippen molar-refractivity contribution in [2.24, 2.45) is 0 Å². The summed E-state index contributed by atoms with van der Waals surface area (Å²) in [5.74, 6) is -0.248. The smallest absolute Gasteiger partial charge is 0.261 e. The van der Waals surface area contributed by atoms with Crippen LogP contribution in [0.5, 0.6) is 0 Å². The van der Waals surface area contributed by atoms with E-state index in [0.29, 0.717) is 12.2 Å². The van der Waals surface area contributed by atoms with E-state index in [2.05, 4.69) is 15.6 Å². The predicted molar refractivity (Wildman–Crippen MR) is 83.5 cm³/mol. The van der Waals surface area contributed by atoms with Crippen molar-refractivity contribution in [2.75, 3.05) is 11.9 Å². The first-order chi connectivity index (χ1) is 10.2. The number of aryl methyl sites for hydroxylation is 1. The Bertz CT molecular complexity index is 610. The van der Waals surface area contributed by atoms with E-state index in [1.807, 2.05) is 18.4 Å². The van der Waals surface area contributed by atoms with Gasteiger partial charge in [-0.1, -0.05) is 6.92 Å². The number of hydrogen-bond acceptors (Lipinski definition) is 4. The van der Waals surface area contributed by atoms with Crippen molar-refractivity contribution in [1.82, 2.24) is 10.3 Å². The van der Waals surface area contributed by atoms with Crippen LogP contribution < -0.4 is 10.6 Å². The Morgan fingerprint density at radius 2 is 2.00 bits per heavy atom. The first-order valence-electron chi connectivity index (χ1n) is 6.75. The highest BCUT2D eigenvalue weighted by Crippen LogP contribution is 2.16. The van der Waals surface area contributed by atoms with Gasteiger partial charge in [0, 0.05) is 31.0 Å². The third-order valence-electron chi connectivity index (χ3n) is 2.94. The Balaban J connectivity index is 1.76. The zero-order chi connectivity index (χ0) is 15.1. The quantitative estimate of drug-likeness (QED) is 0.861. The molecule has 2 amide bonds. The van der Waals surface area contributed by atoms with Gasteiger partial charge in [0.1, 0.15) is 0 Å². The molecule has 0 spiro atoms. The molecule has 0 atom stereocenters. The first kappa shape index (κ1) is 15.2. The second-order valence-corrected chi connectivity index (χ2v) is 5.33. The van der Waals surface area contributed by atoms with Crippen molar-refractivity contribution in [3.63, 3.8) is 0 Å². The van der Waals surface area contributed by atoms with E-state index in [4.69, 9.17) is 0 Å². The molecule has 110 valence electrons. The van der Waals surface area contributed by atoms with Gasteiger partial charge in [0.15, 0.2) is 0 Å². The molecule has 2 rings (SSSR count). The molecule has 0 aliphatic carbocycles. The molecule has 0 fully saturated rings. The summed E-state index contributed by atoms with van der Waals surface area (Å²) < 4.78 is 0. The lowest BCUT2D eigenvalue weighted by Crippen LogP contribution is -2.27. The van der Waals surface area contributed by atoms with Gasteiger partial charge in [0.25, 0.3) is 5.91 Å². The summed E-state index contributed by atoms with van der Waals surface area (Å²) in [5, 5.41) is 7.43. The highest BCUT2D eigenvalue weighted by atomic mass is 32.1. The molecule has 0 aliphatic rings. The van der Waals surface area contributed by atoms with Gasteiger partial charge in [0.05, 0.1) is 4.88 Å². The Morgan fingerprint density at radius 1 is 1.24 bits per heavy atom. The topological polar surface area (TPSA) is 71.1 Å². The van der Waals surface area contributed by atoms with Crippen molar-refractivity contribution in [2.45, 2.75) is 19.8 Å². The van der Waals surface area contributed by atoms with Crippen LogP contribution in [-0.2, 0) is 11.2 Å². The molecule has 2 N–H and O–H groups in total. The van der Waals surface area contributed by atoms with Crippen molar-refractivity contribution in [3.05, 3.63) is 46.4 Å². The number of thiophene rings is 1. The van der Waals surface area contributed by atoms with Gasteiger partial charge < -0.3 is 10.6 Å². The standard InChI is InChI=1S/C15H17N3O2S/c1-2-11-6-10-21-14(11)15(20)17-9-5-13(19)18-12-3-7-16-8-4-12/h3-4,6-8,10H,2,5,9H2,1H3,(H,17,20)(H,16,18,19). The fraction of sp³-hybridized carbons (Fsp3) is 0.267. The molecule has 0 aromatic carbocycles.